The van der Waals surface area contributed by atoms with Crippen molar-refractivity contribution in [3.8, 4) is 5.75 Å². The molecule has 1 aliphatic rings. The average molecular weight is 479 g/mol. The predicted octanol–water partition coefficient (Wildman–Crippen LogP) is 4.75. The molecule has 0 spiro atoms. The zero-order chi connectivity index (χ0) is 24.5. The van der Waals surface area contributed by atoms with Crippen LogP contribution in [-0.4, -0.2) is 31.8 Å². The topological polar surface area (TPSA) is 66.9 Å². The number of anilines is 1. The van der Waals surface area contributed by atoms with Gasteiger partial charge >= 0.3 is 0 Å². The van der Waals surface area contributed by atoms with E-state index < -0.39 is 10.0 Å². The molecule has 0 bridgehead atoms. The van der Waals surface area contributed by atoms with Crippen LogP contribution in [0, 0.1) is 20.8 Å². The van der Waals surface area contributed by atoms with Gasteiger partial charge in [0.15, 0.2) is 0 Å². The van der Waals surface area contributed by atoms with Crippen molar-refractivity contribution < 1.29 is 17.9 Å². The van der Waals surface area contributed by atoms with E-state index in [0.29, 0.717) is 17.2 Å². The lowest BCUT2D eigenvalue weighted by Gasteiger charge is -2.23. The molecule has 6 nitrogen and oxygen atoms in total. The number of hydrogen-bond donors (Lipinski definition) is 0. The molecule has 0 unspecified atom stereocenters. The van der Waals surface area contributed by atoms with Gasteiger partial charge in [0.05, 0.1) is 11.4 Å². The third-order valence-electron chi connectivity index (χ3n) is 6.08. The maximum atomic E-state index is 13.5. The number of ether oxygens (including phenoxy) is 1. The molecule has 34 heavy (non-hydrogen) atoms. The van der Waals surface area contributed by atoms with Crippen molar-refractivity contribution in [1.82, 2.24) is 4.31 Å². The first kappa shape index (κ1) is 24.0. The second-order valence-corrected chi connectivity index (χ2v) is 10.7. The number of fused-ring (bicyclic) bond motifs is 1. The van der Waals surface area contributed by atoms with Crippen LogP contribution in [0.3, 0.4) is 0 Å². The zero-order valence-corrected chi connectivity index (χ0v) is 20.9. The molecular weight excluding hydrogens is 448 g/mol. The van der Waals surface area contributed by atoms with Crippen LogP contribution in [0.4, 0.5) is 5.69 Å². The summed E-state index contributed by atoms with van der Waals surface area (Å²) in [4.78, 5) is 14.4. The average Bonchev–Trinajstić information content (AvgIpc) is 3.00. The van der Waals surface area contributed by atoms with Gasteiger partial charge in [0.2, 0.25) is 15.9 Å². The van der Waals surface area contributed by atoms with Crippen LogP contribution in [-0.2, 0) is 27.9 Å². The molecule has 4 rings (SSSR count). The predicted molar refractivity (Wildman–Crippen MR) is 133 cm³/mol. The van der Waals surface area contributed by atoms with Crippen LogP contribution in [0.2, 0.25) is 0 Å². The van der Waals surface area contributed by atoms with Crippen LogP contribution < -0.4 is 9.64 Å². The summed E-state index contributed by atoms with van der Waals surface area (Å²) >= 11 is 0. The molecule has 0 saturated carbocycles. The number of nitrogens with zero attached hydrogens (tertiary/aromatic N) is 2. The van der Waals surface area contributed by atoms with E-state index in [2.05, 4.69) is 0 Å². The molecule has 1 heterocycles. The zero-order valence-electron chi connectivity index (χ0n) is 20.0. The molecular formula is C27H30N2O4S. The minimum absolute atomic E-state index is 0.0610. The van der Waals surface area contributed by atoms with E-state index in [1.54, 1.807) is 17.9 Å². The first-order valence-corrected chi connectivity index (χ1v) is 12.8. The van der Waals surface area contributed by atoms with E-state index in [1.165, 1.54) is 4.31 Å². The number of carbonyl (C=O) groups is 1. The van der Waals surface area contributed by atoms with Gasteiger partial charge < -0.3 is 9.64 Å². The fourth-order valence-electron chi connectivity index (χ4n) is 4.25. The van der Waals surface area contributed by atoms with Gasteiger partial charge in [-0.1, -0.05) is 41.5 Å². The van der Waals surface area contributed by atoms with Crippen molar-refractivity contribution in [3.63, 3.8) is 0 Å². The van der Waals surface area contributed by atoms with E-state index in [4.69, 9.17) is 4.74 Å². The third kappa shape index (κ3) is 5.00. The van der Waals surface area contributed by atoms with Gasteiger partial charge in [-0.05, 0) is 62.2 Å². The Balaban J connectivity index is 1.62. The summed E-state index contributed by atoms with van der Waals surface area (Å²) in [7, 11) is -3.68. The molecule has 0 aromatic heterocycles. The number of carbonyl (C=O) groups excluding carboxylic acids is 1. The summed E-state index contributed by atoms with van der Waals surface area (Å²) in [5.74, 6) is 0.612. The number of hydrogen-bond acceptors (Lipinski definition) is 4. The molecule has 0 radical (unpaired) electrons. The van der Waals surface area contributed by atoms with E-state index in [-0.39, 0.29) is 25.6 Å². The van der Waals surface area contributed by atoms with Crippen molar-refractivity contribution in [2.75, 3.05) is 18.1 Å². The van der Waals surface area contributed by atoms with Gasteiger partial charge in [0, 0.05) is 31.3 Å². The fraction of sp³-hybridized carbons (Fsp3) is 0.296. The van der Waals surface area contributed by atoms with Crippen LogP contribution in [0.25, 0.3) is 0 Å². The Bertz CT molecular complexity index is 1320. The SMILES string of the molecule is CC(=O)N(Cc1ccc2c(c1)CN(S(=O)(=O)c1ccc(C)cc1C)CCO2)c1ccc(C)cc1. The van der Waals surface area contributed by atoms with Crippen LogP contribution >= 0.6 is 0 Å². The maximum absolute atomic E-state index is 13.5. The molecule has 1 amide bonds. The summed E-state index contributed by atoms with van der Waals surface area (Å²) in [5.41, 5.74) is 5.39. The number of rotatable bonds is 5. The first-order valence-electron chi connectivity index (χ1n) is 11.3. The van der Waals surface area contributed by atoms with Gasteiger partial charge in [-0.25, -0.2) is 8.42 Å². The molecule has 3 aromatic rings. The number of sulfonamides is 1. The molecule has 7 heteroatoms. The Labute approximate surface area is 201 Å². The summed E-state index contributed by atoms with van der Waals surface area (Å²) in [5, 5.41) is 0. The maximum Gasteiger partial charge on any atom is 0.243 e. The lowest BCUT2D eigenvalue weighted by molar-refractivity contribution is -0.116. The Kier molecular flexibility index (Phi) is 6.77. The minimum Gasteiger partial charge on any atom is -0.492 e. The lowest BCUT2D eigenvalue weighted by atomic mass is 10.1. The number of amides is 1. The molecule has 178 valence electrons. The second kappa shape index (κ2) is 9.60. The van der Waals surface area contributed by atoms with E-state index >= 15 is 0 Å². The highest BCUT2D eigenvalue weighted by Crippen LogP contribution is 2.30. The summed E-state index contributed by atoms with van der Waals surface area (Å²) in [6.45, 7) is 8.46. The Morgan fingerprint density at radius 3 is 2.35 bits per heavy atom. The van der Waals surface area contributed by atoms with Crippen LogP contribution in [0.1, 0.15) is 34.7 Å². The Morgan fingerprint density at radius 1 is 0.971 bits per heavy atom. The van der Waals surface area contributed by atoms with E-state index in [9.17, 15) is 13.2 Å². The van der Waals surface area contributed by atoms with Crippen molar-refractivity contribution in [2.45, 2.75) is 45.7 Å². The monoisotopic (exact) mass is 478 g/mol. The van der Waals surface area contributed by atoms with Gasteiger partial charge in [-0.3, -0.25) is 4.79 Å². The number of aryl methyl sites for hydroxylation is 3. The molecule has 0 fully saturated rings. The van der Waals surface area contributed by atoms with Crippen molar-refractivity contribution in [3.05, 3.63) is 88.5 Å². The molecule has 0 N–H and O–H groups in total. The second-order valence-electron chi connectivity index (χ2n) is 8.84. The van der Waals surface area contributed by atoms with Gasteiger partial charge in [-0.2, -0.15) is 4.31 Å². The van der Waals surface area contributed by atoms with Crippen molar-refractivity contribution in [2.24, 2.45) is 0 Å². The van der Waals surface area contributed by atoms with Crippen molar-refractivity contribution >= 4 is 21.6 Å². The van der Waals surface area contributed by atoms with Gasteiger partial charge in [-0.15, -0.1) is 0 Å². The highest BCUT2D eigenvalue weighted by atomic mass is 32.2. The fourth-order valence-corrected chi connectivity index (χ4v) is 5.85. The summed E-state index contributed by atoms with van der Waals surface area (Å²) in [6, 6.07) is 18.9. The molecule has 3 aromatic carbocycles. The Hall–Kier alpha value is -3.16. The smallest absolute Gasteiger partial charge is 0.243 e. The molecule has 0 aliphatic carbocycles. The number of benzene rings is 3. The Morgan fingerprint density at radius 2 is 1.68 bits per heavy atom. The van der Waals surface area contributed by atoms with Crippen LogP contribution in [0.15, 0.2) is 65.6 Å². The summed E-state index contributed by atoms with van der Waals surface area (Å²) in [6.07, 6.45) is 0. The summed E-state index contributed by atoms with van der Waals surface area (Å²) < 4.78 is 34.3. The molecule has 0 saturated heterocycles. The molecule has 1 aliphatic heterocycles. The molecule has 0 atom stereocenters. The van der Waals surface area contributed by atoms with E-state index in [0.717, 1.165) is 33.5 Å². The van der Waals surface area contributed by atoms with E-state index in [1.807, 2.05) is 75.4 Å². The van der Waals surface area contributed by atoms with Crippen molar-refractivity contribution in [1.29, 1.82) is 0 Å². The van der Waals surface area contributed by atoms with Crippen LogP contribution in [0.5, 0.6) is 5.75 Å². The largest absolute Gasteiger partial charge is 0.492 e. The normalized spacial score (nSPS) is 14.1. The lowest BCUT2D eigenvalue weighted by Crippen LogP contribution is -2.33. The van der Waals surface area contributed by atoms with Gasteiger partial charge in [0.25, 0.3) is 0 Å². The first-order chi connectivity index (χ1) is 16.1. The van der Waals surface area contributed by atoms with Gasteiger partial charge in [0.1, 0.15) is 12.4 Å². The highest BCUT2D eigenvalue weighted by Gasteiger charge is 2.29. The highest BCUT2D eigenvalue weighted by molar-refractivity contribution is 7.89. The standard InChI is InChI=1S/C27H30N2O4S/c1-19-5-9-25(10-6-19)29(22(4)30)17-23-8-11-26-24(16-23)18-28(13-14-33-26)34(31,32)27-12-7-20(2)15-21(27)3/h5-12,15-16H,13-14,17-18H2,1-4H3. The quantitative estimate of drug-likeness (QED) is 0.531. The minimum atomic E-state index is -3.68. The third-order valence-corrected chi connectivity index (χ3v) is 8.09.